The van der Waals surface area contributed by atoms with E-state index < -0.39 is 5.97 Å². The van der Waals surface area contributed by atoms with Crippen LogP contribution in [0.3, 0.4) is 0 Å². The Labute approximate surface area is 116 Å². The molecule has 1 aromatic carbocycles. The summed E-state index contributed by atoms with van der Waals surface area (Å²) in [5.74, 6) is -0.875. The molecule has 0 radical (unpaired) electrons. The number of carboxylic acid groups (broad SMARTS) is 1. The average Bonchev–Trinajstić information content (AvgIpc) is 2.42. The number of benzene rings is 1. The summed E-state index contributed by atoms with van der Waals surface area (Å²) in [6.07, 6.45) is 10.1. The maximum atomic E-state index is 11.1. The normalized spacial score (nSPS) is 10.4. The summed E-state index contributed by atoms with van der Waals surface area (Å²) in [6, 6.07) is 5.47. The van der Waals surface area contributed by atoms with Gasteiger partial charge in [0.2, 0.25) is 0 Å². The molecule has 0 atom stereocenters. The van der Waals surface area contributed by atoms with Crippen molar-refractivity contribution in [1.29, 1.82) is 0 Å². The van der Waals surface area contributed by atoms with E-state index in [1.807, 2.05) is 12.1 Å². The number of carboxylic acids is 1. The molecular weight excluding hydrogens is 236 g/mol. The van der Waals surface area contributed by atoms with Crippen molar-refractivity contribution in [2.45, 2.75) is 51.9 Å². The number of aromatic carboxylic acids is 1. The molecule has 0 aliphatic rings. The van der Waals surface area contributed by atoms with Crippen LogP contribution < -0.4 is 0 Å². The van der Waals surface area contributed by atoms with Crippen molar-refractivity contribution >= 4 is 12.0 Å². The van der Waals surface area contributed by atoms with Gasteiger partial charge in [-0.25, -0.2) is 4.79 Å². The average molecular weight is 260 g/mol. The predicted octanol–water partition coefficient (Wildman–Crippen LogP) is 4.93. The number of carbonyl (C=O) groups is 1. The van der Waals surface area contributed by atoms with Crippen LogP contribution >= 0.6 is 0 Å². The van der Waals surface area contributed by atoms with E-state index >= 15 is 0 Å². The third-order valence-corrected chi connectivity index (χ3v) is 3.43. The molecule has 0 amide bonds. The first kappa shape index (κ1) is 15.5. The lowest BCUT2D eigenvalue weighted by Crippen LogP contribution is -2.02. The van der Waals surface area contributed by atoms with E-state index in [1.165, 1.54) is 32.1 Å². The van der Waals surface area contributed by atoms with Gasteiger partial charge in [-0.3, -0.25) is 0 Å². The van der Waals surface area contributed by atoms with E-state index in [4.69, 9.17) is 5.11 Å². The molecule has 0 spiro atoms. The minimum atomic E-state index is -0.875. The number of hydrogen-bond acceptors (Lipinski definition) is 1. The highest BCUT2D eigenvalue weighted by molar-refractivity contribution is 5.92. The van der Waals surface area contributed by atoms with Crippen molar-refractivity contribution < 1.29 is 9.90 Å². The Hall–Kier alpha value is -1.57. The first-order valence-electron chi connectivity index (χ1n) is 7.18. The summed E-state index contributed by atoms with van der Waals surface area (Å²) in [4.78, 5) is 11.1. The minimum absolute atomic E-state index is 0.360. The Balaban J connectivity index is 2.56. The third kappa shape index (κ3) is 4.90. The monoisotopic (exact) mass is 260 g/mol. The van der Waals surface area contributed by atoms with Crippen molar-refractivity contribution in [2.24, 2.45) is 0 Å². The number of hydrogen-bond donors (Lipinski definition) is 1. The van der Waals surface area contributed by atoms with Gasteiger partial charge in [0.25, 0.3) is 0 Å². The standard InChI is InChI=1S/C17H24O2/c1-3-5-6-7-8-9-11-14-12-10-13-16(17(18)19)15(14)4-2/h4,10,12-13H,2-3,5-9,11H2,1H3,(H,18,19). The van der Waals surface area contributed by atoms with Crippen LogP contribution in [0.5, 0.6) is 0 Å². The first-order valence-corrected chi connectivity index (χ1v) is 7.18. The van der Waals surface area contributed by atoms with E-state index in [0.717, 1.165) is 24.0 Å². The summed E-state index contributed by atoms with van der Waals surface area (Å²) >= 11 is 0. The van der Waals surface area contributed by atoms with Gasteiger partial charge in [0, 0.05) is 0 Å². The summed E-state index contributed by atoms with van der Waals surface area (Å²) in [6.45, 7) is 5.96. The van der Waals surface area contributed by atoms with Crippen LogP contribution in [0.4, 0.5) is 0 Å². The molecule has 0 bridgehead atoms. The van der Waals surface area contributed by atoms with E-state index in [1.54, 1.807) is 12.1 Å². The van der Waals surface area contributed by atoms with E-state index in [2.05, 4.69) is 13.5 Å². The molecule has 2 heteroatoms. The largest absolute Gasteiger partial charge is 0.478 e. The number of rotatable bonds is 9. The highest BCUT2D eigenvalue weighted by atomic mass is 16.4. The molecule has 0 saturated heterocycles. The fourth-order valence-corrected chi connectivity index (χ4v) is 2.35. The SMILES string of the molecule is C=Cc1c(CCCCCCCC)cccc1C(=O)O. The summed E-state index contributed by atoms with van der Waals surface area (Å²) in [5.41, 5.74) is 2.24. The maximum Gasteiger partial charge on any atom is 0.336 e. The quantitative estimate of drug-likeness (QED) is 0.639. The molecule has 0 saturated carbocycles. The van der Waals surface area contributed by atoms with Crippen LogP contribution in [0.25, 0.3) is 6.08 Å². The molecule has 104 valence electrons. The van der Waals surface area contributed by atoms with Gasteiger partial charge in [-0.15, -0.1) is 0 Å². The Morgan fingerprint density at radius 2 is 1.89 bits per heavy atom. The molecule has 0 aromatic heterocycles. The van der Waals surface area contributed by atoms with Crippen LogP contribution in [-0.4, -0.2) is 11.1 Å². The number of unbranched alkanes of at least 4 members (excludes halogenated alkanes) is 5. The van der Waals surface area contributed by atoms with Gasteiger partial charge >= 0.3 is 5.97 Å². The van der Waals surface area contributed by atoms with Crippen molar-refractivity contribution in [2.75, 3.05) is 0 Å². The van der Waals surface area contributed by atoms with Crippen molar-refractivity contribution in [3.8, 4) is 0 Å². The fraction of sp³-hybridized carbons (Fsp3) is 0.471. The molecule has 0 heterocycles. The van der Waals surface area contributed by atoms with Crippen LogP contribution in [0.1, 0.15) is 66.9 Å². The van der Waals surface area contributed by atoms with E-state index in [0.29, 0.717) is 5.56 Å². The number of aryl methyl sites for hydroxylation is 1. The molecule has 19 heavy (non-hydrogen) atoms. The van der Waals surface area contributed by atoms with Crippen LogP contribution in [0, 0.1) is 0 Å². The summed E-state index contributed by atoms with van der Waals surface area (Å²) in [7, 11) is 0. The lowest BCUT2D eigenvalue weighted by Gasteiger charge is -2.09. The van der Waals surface area contributed by atoms with Crippen LogP contribution in [0.15, 0.2) is 24.8 Å². The van der Waals surface area contributed by atoms with Gasteiger partial charge in [0.05, 0.1) is 5.56 Å². The highest BCUT2D eigenvalue weighted by Crippen LogP contribution is 2.19. The molecule has 0 aliphatic heterocycles. The lowest BCUT2D eigenvalue weighted by molar-refractivity contribution is 0.0696. The highest BCUT2D eigenvalue weighted by Gasteiger charge is 2.10. The molecule has 0 aliphatic carbocycles. The molecule has 0 fully saturated rings. The van der Waals surface area contributed by atoms with Crippen LogP contribution in [0.2, 0.25) is 0 Å². The molecule has 2 nitrogen and oxygen atoms in total. The van der Waals surface area contributed by atoms with E-state index in [9.17, 15) is 4.79 Å². The maximum absolute atomic E-state index is 11.1. The third-order valence-electron chi connectivity index (χ3n) is 3.43. The lowest BCUT2D eigenvalue weighted by atomic mass is 9.96. The smallest absolute Gasteiger partial charge is 0.336 e. The molecule has 1 aromatic rings. The molecular formula is C17H24O2. The van der Waals surface area contributed by atoms with Gasteiger partial charge in [0.1, 0.15) is 0 Å². The summed E-state index contributed by atoms with van der Waals surface area (Å²) in [5, 5.41) is 9.14. The zero-order valence-corrected chi connectivity index (χ0v) is 11.8. The van der Waals surface area contributed by atoms with Gasteiger partial charge in [0.15, 0.2) is 0 Å². The van der Waals surface area contributed by atoms with Crippen LogP contribution in [-0.2, 0) is 6.42 Å². The Morgan fingerprint density at radius 3 is 2.53 bits per heavy atom. The summed E-state index contributed by atoms with van der Waals surface area (Å²) < 4.78 is 0. The zero-order chi connectivity index (χ0) is 14.1. The van der Waals surface area contributed by atoms with Crippen molar-refractivity contribution in [3.05, 3.63) is 41.5 Å². The van der Waals surface area contributed by atoms with Gasteiger partial charge in [-0.05, 0) is 30.0 Å². The first-order chi connectivity index (χ1) is 9.20. The van der Waals surface area contributed by atoms with Crippen molar-refractivity contribution in [3.63, 3.8) is 0 Å². The van der Waals surface area contributed by atoms with Gasteiger partial charge in [-0.1, -0.05) is 63.8 Å². The predicted molar refractivity (Wildman–Crippen MR) is 80.6 cm³/mol. The van der Waals surface area contributed by atoms with Crippen molar-refractivity contribution in [1.82, 2.24) is 0 Å². The second-order valence-electron chi connectivity index (χ2n) is 4.91. The van der Waals surface area contributed by atoms with E-state index in [-0.39, 0.29) is 0 Å². The topological polar surface area (TPSA) is 37.3 Å². The Morgan fingerprint density at radius 1 is 1.21 bits per heavy atom. The fourth-order valence-electron chi connectivity index (χ4n) is 2.35. The van der Waals surface area contributed by atoms with Gasteiger partial charge < -0.3 is 5.11 Å². The molecule has 1 N–H and O–H groups in total. The second-order valence-corrected chi connectivity index (χ2v) is 4.91. The Bertz CT molecular complexity index is 421. The molecule has 0 unspecified atom stereocenters. The minimum Gasteiger partial charge on any atom is -0.478 e. The molecule has 1 rings (SSSR count). The van der Waals surface area contributed by atoms with Gasteiger partial charge in [-0.2, -0.15) is 0 Å². The Kier molecular flexibility index (Phi) is 6.94. The zero-order valence-electron chi connectivity index (χ0n) is 11.8. The second kappa shape index (κ2) is 8.52.